The molecule has 6 heteroatoms. The second-order valence-corrected chi connectivity index (χ2v) is 19.2. The summed E-state index contributed by atoms with van der Waals surface area (Å²) in [6.45, 7) is 9.34. The van der Waals surface area contributed by atoms with Gasteiger partial charge in [0.05, 0.1) is 0 Å². The molecular weight excluding hydrogens is 853 g/mol. The zero-order chi connectivity index (χ0) is 47.4. The molecule has 0 saturated carbocycles. The Morgan fingerprint density at radius 2 is 0.657 bits per heavy atom. The van der Waals surface area contributed by atoms with Gasteiger partial charge in [-0.2, -0.15) is 0 Å². The summed E-state index contributed by atoms with van der Waals surface area (Å²) in [4.78, 5) is 23.1. The van der Waals surface area contributed by atoms with Crippen LogP contribution in [-0.4, -0.2) is 19.9 Å². The van der Waals surface area contributed by atoms with E-state index in [4.69, 9.17) is 19.9 Å². The van der Waals surface area contributed by atoms with E-state index >= 15 is 0 Å². The first-order chi connectivity index (χ1) is 34.2. The van der Waals surface area contributed by atoms with Gasteiger partial charge in [-0.1, -0.05) is 161 Å². The molecule has 0 fully saturated rings. The van der Waals surface area contributed by atoms with E-state index in [-0.39, 0.29) is 10.8 Å². The largest absolute Gasteiger partial charge is 0.279 e. The molecule has 0 aliphatic heterocycles. The highest BCUT2D eigenvalue weighted by molar-refractivity contribution is 5.99. The average molecular weight is 903 g/mol. The Bertz CT molecular complexity index is 3330. The van der Waals surface area contributed by atoms with Gasteiger partial charge in [0.1, 0.15) is 23.3 Å². The van der Waals surface area contributed by atoms with Gasteiger partial charge in [-0.05, 0) is 150 Å². The monoisotopic (exact) mass is 902 g/mol. The Labute approximate surface area is 409 Å². The average Bonchev–Trinajstić information content (AvgIpc) is 3.76. The van der Waals surface area contributed by atoms with Crippen molar-refractivity contribution in [3.05, 3.63) is 251 Å². The van der Waals surface area contributed by atoms with Crippen LogP contribution in [0.4, 0.5) is 34.6 Å². The van der Waals surface area contributed by atoms with Crippen molar-refractivity contribution in [1.82, 2.24) is 19.9 Å². The standard InChI is InChI=1S/C64H50N6/c1-63(2)55-39-43(23-31-51(55)53-33-29-47(41-57(53)63)69(59-17-7-11-35-65-59)60-18-8-12-36-66-60)21-25-45-27-28-46(50-16-6-5-15-49(45)50)26-22-44-24-32-52-54-34-30-48(42-58(54)64(3,4)56(52)40-44)70(61-19-9-13-37-67-61)62-20-10-14-38-68-62/h5-42H,1-4H3. The molecule has 4 aromatic heterocycles. The zero-order valence-electron chi connectivity index (χ0n) is 39.6. The molecule has 0 atom stereocenters. The number of pyridine rings is 4. The van der Waals surface area contributed by atoms with Crippen LogP contribution in [0.3, 0.4) is 0 Å². The van der Waals surface area contributed by atoms with Crippen LogP contribution >= 0.6 is 0 Å². The number of benzene rings is 6. The molecule has 0 amide bonds. The highest BCUT2D eigenvalue weighted by atomic mass is 15.2. The van der Waals surface area contributed by atoms with Crippen LogP contribution in [0.25, 0.3) is 57.3 Å². The quantitative estimate of drug-likeness (QED) is 0.127. The number of hydrogen-bond donors (Lipinski definition) is 0. The van der Waals surface area contributed by atoms with Gasteiger partial charge in [-0.3, -0.25) is 9.80 Å². The van der Waals surface area contributed by atoms with Gasteiger partial charge in [-0.25, -0.2) is 19.9 Å². The fourth-order valence-electron chi connectivity index (χ4n) is 10.7. The summed E-state index contributed by atoms with van der Waals surface area (Å²) in [6, 6.07) is 64.6. The summed E-state index contributed by atoms with van der Waals surface area (Å²) < 4.78 is 0. The first-order valence-electron chi connectivity index (χ1n) is 23.9. The minimum Gasteiger partial charge on any atom is -0.279 e. The van der Waals surface area contributed by atoms with E-state index < -0.39 is 0 Å². The van der Waals surface area contributed by atoms with Crippen molar-refractivity contribution < 1.29 is 0 Å². The molecule has 0 saturated heterocycles. The molecule has 0 spiro atoms. The number of hydrogen-bond acceptors (Lipinski definition) is 6. The maximum atomic E-state index is 4.71. The summed E-state index contributed by atoms with van der Waals surface area (Å²) in [5.74, 6) is 3.32. The van der Waals surface area contributed by atoms with Crippen molar-refractivity contribution in [3.8, 4) is 22.3 Å². The SMILES string of the molecule is CC1(C)c2cc(C=Cc3ccc(C=Cc4ccc5c(c4)C(C)(C)c4cc(N(c6ccccn6)c6ccccn6)ccc4-5)c4ccccc34)ccc2-c2ccc(N(c3ccccn3)c3ccccn3)cc21. The Morgan fingerprint density at radius 3 is 1.00 bits per heavy atom. The molecule has 12 rings (SSSR count). The second-order valence-electron chi connectivity index (χ2n) is 19.2. The van der Waals surface area contributed by atoms with Gasteiger partial charge in [0.15, 0.2) is 0 Å². The number of anilines is 6. The maximum Gasteiger partial charge on any atom is 0.138 e. The van der Waals surface area contributed by atoms with Gasteiger partial charge in [0, 0.05) is 47.0 Å². The van der Waals surface area contributed by atoms with E-state index in [0.29, 0.717) is 0 Å². The van der Waals surface area contributed by atoms with Crippen LogP contribution < -0.4 is 9.80 Å². The molecule has 0 radical (unpaired) electrons. The van der Waals surface area contributed by atoms with E-state index in [2.05, 4.69) is 171 Å². The van der Waals surface area contributed by atoms with Crippen LogP contribution in [0.15, 0.2) is 207 Å². The Hall–Kier alpha value is -8.74. The van der Waals surface area contributed by atoms with Gasteiger partial charge < -0.3 is 0 Å². The predicted molar refractivity (Wildman–Crippen MR) is 290 cm³/mol. The van der Waals surface area contributed by atoms with Gasteiger partial charge in [0.25, 0.3) is 0 Å². The van der Waals surface area contributed by atoms with Crippen molar-refractivity contribution in [2.24, 2.45) is 0 Å². The molecule has 336 valence electrons. The van der Waals surface area contributed by atoms with Gasteiger partial charge >= 0.3 is 0 Å². The van der Waals surface area contributed by atoms with Crippen molar-refractivity contribution in [2.45, 2.75) is 38.5 Å². The fourth-order valence-corrected chi connectivity index (χ4v) is 10.7. The molecule has 4 heterocycles. The van der Waals surface area contributed by atoms with Crippen molar-refractivity contribution in [2.75, 3.05) is 9.80 Å². The third-order valence-electron chi connectivity index (χ3n) is 14.3. The lowest BCUT2D eigenvalue weighted by molar-refractivity contribution is 0.660. The summed E-state index contributed by atoms with van der Waals surface area (Å²) in [7, 11) is 0. The summed E-state index contributed by atoms with van der Waals surface area (Å²) in [5.41, 5.74) is 16.7. The van der Waals surface area contributed by atoms with Crippen LogP contribution in [0.2, 0.25) is 0 Å². The first-order valence-corrected chi connectivity index (χ1v) is 23.9. The number of aromatic nitrogens is 4. The third-order valence-corrected chi connectivity index (χ3v) is 14.3. The van der Waals surface area contributed by atoms with E-state index in [1.807, 2.05) is 97.6 Å². The third kappa shape index (κ3) is 7.36. The fraction of sp³-hybridized carbons (Fsp3) is 0.0938. The Morgan fingerprint density at radius 1 is 0.329 bits per heavy atom. The number of nitrogens with zero attached hydrogens (tertiary/aromatic N) is 6. The van der Waals surface area contributed by atoms with E-state index in [9.17, 15) is 0 Å². The minimum atomic E-state index is -0.212. The molecule has 2 aliphatic rings. The maximum absolute atomic E-state index is 4.71. The highest BCUT2D eigenvalue weighted by Crippen LogP contribution is 2.52. The molecule has 10 aromatic rings. The molecule has 6 aromatic carbocycles. The van der Waals surface area contributed by atoms with Crippen LogP contribution in [0.1, 0.15) is 72.2 Å². The number of fused-ring (bicyclic) bond motifs is 7. The van der Waals surface area contributed by atoms with Gasteiger partial charge in [-0.15, -0.1) is 0 Å². The molecule has 0 N–H and O–H groups in total. The van der Waals surface area contributed by atoms with Crippen LogP contribution in [0, 0.1) is 0 Å². The topological polar surface area (TPSA) is 58.0 Å². The molecule has 6 nitrogen and oxygen atoms in total. The van der Waals surface area contributed by atoms with Crippen LogP contribution in [-0.2, 0) is 10.8 Å². The van der Waals surface area contributed by atoms with Crippen LogP contribution in [0.5, 0.6) is 0 Å². The molecular formula is C64H50N6. The molecule has 2 aliphatic carbocycles. The Kier molecular flexibility index (Phi) is 10.4. The van der Waals surface area contributed by atoms with Crippen molar-refractivity contribution >= 4 is 69.7 Å². The molecule has 70 heavy (non-hydrogen) atoms. The second kappa shape index (κ2) is 17.1. The zero-order valence-corrected chi connectivity index (χ0v) is 39.6. The molecule has 0 bridgehead atoms. The number of rotatable bonds is 10. The van der Waals surface area contributed by atoms with Crippen molar-refractivity contribution in [3.63, 3.8) is 0 Å². The predicted octanol–water partition coefficient (Wildman–Crippen LogP) is 16.3. The van der Waals surface area contributed by atoms with Gasteiger partial charge in [0.2, 0.25) is 0 Å². The summed E-state index contributed by atoms with van der Waals surface area (Å²) in [5, 5.41) is 2.44. The van der Waals surface area contributed by atoms with E-state index in [1.54, 1.807) is 0 Å². The normalized spacial score (nSPS) is 13.8. The lowest BCUT2D eigenvalue weighted by Crippen LogP contribution is -2.17. The van der Waals surface area contributed by atoms with Crippen molar-refractivity contribution in [1.29, 1.82) is 0 Å². The molecule has 0 unspecified atom stereocenters. The summed E-state index contributed by atoms with van der Waals surface area (Å²) in [6.07, 6.45) is 16.4. The van der Waals surface area contributed by atoms with E-state index in [0.717, 1.165) is 34.6 Å². The first kappa shape index (κ1) is 42.6. The lowest BCUT2D eigenvalue weighted by atomic mass is 9.81. The summed E-state index contributed by atoms with van der Waals surface area (Å²) >= 11 is 0. The smallest absolute Gasteiger partial charge is 0.138 e. The Balaban J connectivity index is 0.806. The highest BCUT2D eigenvalue weighted by Gasteiger charge is 2.38. The minimum absolute atomic E-state index is 0.212. The van der Waals surface area contributed by atoms with E-state index in [1.165, 1.54) is 77.5 Å². The lowest BCUT2D eigenvalue weighted by Gasteiger charge is -2.26.